The van der Waals surface area contributed by atoms with Crippen molar-refractivity contribution < 1.29 is 9.53 Å². The predicted octanol–water partition coefficient (Wildman–Crippen LogP) is 4.54. The summed E-state index contributed by atoms with van der Waals surface area (Å²) in [6.45, 7) is 1.70. The maximum absolute atomic E-state index is 12.5. The minimum absolute atomic E-state index is 0.260. The van der Waals surface area contributed by atoms with Crippen molar-refractivity contribution >= 4 is 62.0 Å². The van der Waals surface area contributed by atoms with Gasteiger partial charge in [0.2, 0.25) is 0 Å². The molecule has 5 nitrogen and oxygen atoms in total. The fourth-order valence-corrected chi connectivity index (χ4v) is 4.18. The second-order valence-electron chi connectivity index (χ2n) is 5.41. The second-order valence-corrected chi connectivity index (χ2v) is 7.69. The molecule has 8 heteroatoms. The number of hydrogen-bond acceptors (Lipinski definition) is 6. The van der Waals surface area contributed by atoms with Crippen LogP contribution < -0.4 is 5.56 Å². The minimum atomic E-state index is -0.484. The lowest BCUT2D eigenvalue weighted by Crippen LogP contribution is -2.10. The number of nitrogens with one attached hydrogen (secondary N) is 1. The first-order valence-electron chi connectivity index (χ1n) is 7.58. The van der Waals surface area contributed by atoms with Gasteiger partial charge in [-0.2, -0.15) is 0 Å². The van der Waals surface area contributed by atoms with Crippen LogP contribution in [0.5, 0.6) is 0 Å². The smallest absolute Gasteiger partial charge is 0.348 e. The van der Waals surface area contributed by atoms with Crippen LogP contribution in [0, 0.1) is 6.92 Å². The number of methoxy groups -OCH3 is 1. The van der Waals surface area contributed by atoms with E-state index < -0.39 is 5.97 Å². The van der Waals surface area contributed by atoms with Crippen LogP contribution in [-0.4, -0.2) is 29.3 Å². The maximum Gasteiger partial charge on any atom is 0.348 e. The summed E-state index contributed by atoms with van der Waals surface area (Å²) in [7, 11) is 1.30. The molecule has 0 aliphatic heterocycles. The van der Waals surface area contributed by atoms with Crippen molar-refractivity contribution in [3.8, 4) is 0 Å². The van der Waals surface area contributed by atoms with Gasteiger partial charge in [-0.15, -0.1) is 23.1 Å². The molecule has 0 aliphatic rings. The lowest BCUT2D eigenvalue weighted by atomic mass is 10.2. The number of H-pyrrole nitrogens is 1. The summed E-state index contributed by atoms with van der Waals surface area (Å²) in [5.74, 6) is -0.224. The molecule has 0 aliphatic carbocycles. The normalized spacial score (nSPS) is 11.8. The monoisotopic (exact) mass is 406 g/mol. The van der Waals surface area contributed by atoms with Crippen LogP contribution >= 0.6 is 34.7 Å². The van der Waals surface area contributed by atoms with Crippen molar-refractivity contribution in [1.82, 2.24) is 9.97 Å². The Kier molecular flexibility index (Phi) is 5.50. The van der Waals surface area contributed by atoms with E-state index in [1.54, 1.807) is 24.8 Å². The number of benzene rings is 1. The van der Waals surface area contributed by atoms with E-state index in [1.807, 2.05) is 30.5 Å². The first-order valence-corrected chi connectivity index (χ1v) is 10.00. The zero-order valence-corrected chi connectivity index (χ0v) is 16.6. The van der Waals surface area contributed by atoms with E-state index in [2.05, 4.69) is 9.97 Å². The molecule has 0 bridgehead atoms. The standard InChI is InChI=1S/C18H15ClN2O3S2/c1-9-13-16(22)20-15(21-17(13)26-14(9)18(23)24-2)12(19)8-10-4-6-11(25-3)7-5-10/h4-8H,1-3H3,(H,20,21,22)/b12-8-. The molecule has 0 unspecified atom stereocenters. The van der Waals surface area contributed by atoms with Gasteiger partial charge in [-0.1, -0.05) is 23.7 Å². The van der Waals surface area contributed by atoms with E-state index in [4.69, 9.17) is 16.3 Å². The topological polar surface area (TPSA) is 72.0 Å². The van der Waals surface area contributed by atoms with E-state index in [0.29, 0.717) is 25.7 Å². The Labute approximate surface area is 163 Å². The molecule has 0 atom stereocenters. The summed E-state index contributed by atoms with van der Waals surface area (Å²) in [5, 5.41) is 0.694. The van der Waals surface area contributed by atoms with Crippen LogP contribution in [0.25, 0.3) is 21.3 Å². The van der Waals surface area contributed by atoms with Crippen LogP contribution in [0.3, 0.4) is 0 Å². The Morgan fingerprint density at radius 3 is 2.65 bits per heavy atom. The van der Waals surface area contributed by atoms with Crippen molar-refractivity contribution in [1.29, 1.82) is 0 Å². The molecule has 0 fully saturated rings. The lowest BCUT2D eigenvalue weighted by Gasteiger charge is -2.01. The second kappa shape index (κ2) is 7.65. The number of carbonyl (C=O) groups is 1. The summed E-state index contributed by atoms with van der Waals surface area (Å²) >= 11 is 9.13. The van der Waals surface area contributed by atoms with Crippen LogP contribution in [0.1, 0.15) is 26.6 Å². The van der Waals surface area contributed by atoms with Gasteiger partial charge >= 0.3 is 5.97 Å². The summed E-state index contributed by atoms with van der Waals surface area (Å²) in [6.07, 6.45) is 3.74. The van der Waals surface area contributed by atoms with Gasteiger partial charge in [-0.3, -0.25) is 4.79 Å². The fourth-order valence-electron chi connectivity index (χ4n) is 2.46. The first kappa shape index (κ1) is 18.7. The number of aromatic amines is 1. The van der Waals surface area contributed by atoms with Crippen molar-refractivity contribution in [2.75, 3.05) is 13.4 Å². The van der Waals surface area contributed by atoms with E-state index in [1.165, 1.54) is 7.11 Å². The Balaban J connectivity index is 2.06. The van der Waals surface area contributed by atoms with Crippen LogP contribution in [-0.2, 0) is 4.74 Å². The number of halogens is 1. The number of aromatic nitrogens is 2. The van der Waals surface area contributed by atoms with Gasteiger partial charge in [0.05, 0.1) is 17.5 Å². The van der Waals surface area contributed by atoms with Crippen LogP contribution in [0.4, 0.5) is 0 Å². The number of nitrogens with zero attached hydrogens (tertiary/aromatic N) is 1. The summed E-state index contributed by atoms with van der Waals surface area (Å²) < 4.78 is 4.75. The minimum Gasteiger partial charge on any atom is -0.465 e. The third-order valence-corrected chi connectivity index (χ3v) is 6.00. The van der Waals surface area contributed by atoms with Gasteiger partial charge in [-0.25, -0.2) is 9.78 Å². The molecule has 2 heterocycles. The predicted molar refractivity (Wildman–Crippen MR) is 108 cm³/mol. The fraction of sp³-hybridized carbons (Fsp3) is 0.167. The highest BCUT2D eigenvalue weighted by atomic mass is 35.5. The molecule has 134 valence electrons. The van der Waals surface area contributed by atoms with Gasteiger partial charge in [0, 0.05) is 4.90 Å². The number of carbonyl (C=O) groups excluding carboxylic acids is 1. The quantitative estimate of drug-likeness (QED) is 0.508. The number of aryl methyl sites for hydroxylation is 1. The number of rotatable bonds is 4. The Bertz CT molecular complexity index is 1070. The molecule has 26 heavy (non-hydrogen) atoms. The highest BCUT2D eigenvalue weighted by Crippen LogP contribution is 2.29. The van der Waals surface area contributed by atoms with Gasteiger partial charge in [0.1, 0.15) is 9.71 Å². The van der Waals surface area contributed by atoms with E-state index >= 15 is 0 Å². The number of fused-ring (bicyclic) bond motifs is 1. The van der Waals surface area contributed by atoms with Gasteiger partial charge in [0.25, 0.3) is 5.56 Å². The highest BCUT2D eigenvalue weighted by Gasteiger charge is 2.20. The summed E-state index contributed by atoms with van der Waals surface area (Å²) in [5.41, 5.74) is 1.12. The molecule has 3 rings (SSSR count). The molecule has 0 saturated heterocycles. The van der Waals surface area contributed by atoms with Gasteiger partial charge in [-0.05, 0) is 42.5 Å². The molecular formula is C18H15ClN2O3S2. The van der Waals surface area contributed by atoms with Crippen molar-refractivity contribution in [2.24, 2.45) is 0 Å². The average Bonchev–Trinajstić information content (AvgIpc) is 2.98. The van der Waals surface area contributed by atoms with Crippen LogP contribution in [0.15, 0.2) is 34.0 Å². The van der Waals surface area contributed by atoms with Crippen LogP contribution in [0.2, 0.25) is 0 Å². The number of thiophene rings is 1. The molecular weight excluding hydrogens is 392 g/mol. The van der Waals surface area contributed by atoms with E-state index in [9.17, 15) is 9.59 Å². The van der Waals surface area contributed by atoms with Crippen molar-refractivity contribution in [3.63, 3.8) is 0 Å². The molecule has 3 aromatic rings. The molecule has 0 radical (unpaired) electrons. The third kappa shape index (κ3) is 3.56. The average molecular weight is 407 g/mol. The van der Waals surface area contributed by atoms with Crippen molar-refractivity contribution in [3.05, 3.63) is 56.4 Å². The third-order valence-electron chi connectivity index (χ3n) is 3.81. The number of ether oxygens (including phenoxy) is 1. The summed E-state index contributed by atoms with van der Waals surface area (Å²) in [6, 6.07) is 7.86. The maximum atomic E-state index is 12.5. The molecule has 2 aromatic heterocycles. The largest absolute Gasteiger partial charge is 0.465 e. The zero-order chi connectivity index (χ0) is 18.8. The molecule has 1 N–H and O–H groups in total. The van der Waals surface area contributed by atoms with E-state index in [-0.39, 0.29) is 11.4 Å². The zero-order valence-electron chi connectivity index (χ0n) is 14.3. The Morgan fingerprint density at radius 2 is 2.04 bits per heavy atom. The Hall–Kier alpha value is -2.09. The molecule has 0 amide bonds. The molecule has 0 saturated carbocycles. The van der Waals surface area contributed by atoms with Gasteiger partial charge in [0.15, 0.2) is 5.82 Å². The number of hydrogen-bond donors (Lipinski definition) is 1. The van der Waals surface area contributed by atoms with Crippen molar-refractivity contribution in [2.45, 2.75) is 11.8 Å². The van der Waals surface area contributed by atoms with Gasteiger partial charge < -0.3 is 9.72 Å². The Morgan fingerprint density at radius 1 is 1.35 bits per heavy atom. The first-order chi connectivity index (χ1) is 12.4. The summed E-state index contributed by atoms with van der Waals surface area (Å²) in [4.78, 5) is 33.4. The number of thioether (sulfide) groups is 1. The highest BCUT2D eigenvalue weighted by molar-refractivity contribution is 7.98. The SMILES string of the molecule is COC(=O)c1sc2nc(/C(Cl)=C/c3ccc(SC)cc3)[nH]c(=O)c2c1C. The molecule has 0 spiro atoms. The molecule has 1 aromatic carbocycles. The van der Waals surface area contributed by atoms with E-state index in [0.717, 1.165) is 21.8 Å². The lowest BCUT2D eigenvalue weighted by molar-refractivity contribution is 0.0605. The number of esters is 1.